The van der Waals surface area contributed by atoms with Crippen molar-refractivity contribution >= 4 is 5.91 Å². The maximum Gasteiger partial charge on any atom is 0.431 e. The fraction of sp³-hybridized carbons (Fsp3) is 0.524. The summed E-state index contributed by atoms with van der Waals surface area (Å²) in [5.41, 5.74) is -0.00164. The fourth-order valence-corrected chi connectivity index (χ4v) is 4.72. The van der Waals surface area contributed by atoms with Crippen LogP contribution in [-0.4, -0.2) is 58.5 Å². The molecule has 2 aromatic rings. The SMILES string of the molecule is CCOc1ncccc1C(=O)N1CCC2(CC1)c1ccc(C(F)(F)F)n1CCN2C. The lowest BCUT2D eigenvalue weighted by molar-refractivity contribution is -0.144. The van der Waals surface area contributed by atoms with Crippen molar-refractivity contribution in [1.29, 1.82) is 0 Å². The van der Waals surface area contributed by atoms with Crippen molar-refractivity contribution in [3.05, 3.63) is 47.4 Å². The predicted molar refractivity (Wildman–Crippen MR) is 104 cm³/mol. The van der Waals surface area contributed by atoms with Crippen LogP contribution in [0.1, 0.15) is 41.5 Å². The van der Waals surface area contributed by atoms with Crippen LogP contribution in [-0.2, 0) is 18.3 Å². The van der Waals surface area contributed by atoms with E-state index in [4.69, 9.17) is 4.74 Å². The van der Waals surface area contributed by atoms with Crippen LogP contribution < -0.4 is 4.74 Å². The Hall–Kier alpha value is -2.55. The second-order valence-corrected chi connectivity index (χ2v) is 7.79. The second kappa shape index (κ2) is 7.61. The number of ether oxygens (including phenoxy) is 1. The van der Waals surface area contributed by atoms with Crippen LogP contribution in [0.5, 0.6) is 5.88 Å². The molecule has 2 aliphatic heterocycles. The Morgan fingerprint density at radius 1 is 1.17 bits per heavy atom. The molecule has 0 bridgehead atoms. The molecule has 1 spiro atoms. The van der Waals surface area contributed by atoms with E-state index in [0.29, 0.717) is 62.8 Å². The molecule has 0 N–H and O–H groups in total. The molecule has 1 fully saturated rings. The second-order valence-electron chi connectivity index (χ2n) is 7.79. The molecule has 2 aliphatic rings. The summed E-state index contributed by atoms with van der Waals surface area (Å²) in [6.07, 6.45) is -1.65. The number of likely N-dealkylation sites (N-methyl/N-ethyl adjacent to an activating group) is 1. The topological polar surface area (TPSA) is 50.6 Å². The number of piperidine rings is 1. The first-order valence-electron chi connectivity index (χ1n) is 10.1. The lowest BCUT2D eigenvalue weighted by Gasteiger charge is -2.50. The number of rotatable bonds is 3. The highest BCUT2D eigenvalue weighted by Gasteiger charge is 2.47. The normalized spacial score (nSPS) is 19.0. The number of pyridine rings is 1. The molecule has 0 aromatic carbocycles. The maximum absolute atomic E-state index is 13.4. The third-order valence-electron chi connectivity index (χ3n) is 6.30. The number of hydrogen-bond acceptors (Lipinski definition) is 4. The average Bonchev–Trinajstić information content (AvgIpc) is 3.17. The van der Waals surface area contributed by atoms with E-state index in [-0.39, 0.29) is 5.91 Å². The van der Waals surface area contributed by atoms with E-state index < -0.39 is 17.4 Å². The van der Waals surface area contributed by atoms with Crippen molar-refractivity contribution in [2.45, 2.75) is 38.0 Å². The van der Waals surface area contributed by atoms with Gasteiger partial charge in [-0.25, -0.2) is 4.98 Å². The number of halogens is 3. The smallest absolute Gasteiger partial charge is 0.431 e. The van der Waals surface area contributed by atoms with E-state index in [0.717, 1.165) is 0 Å². The molecule has 0 aliphatic carbocycles. The van der Waals surface area contributed by atoms with Crippen LogP contribution in [0.3, 0.4) is 0 Å². The summed E-state index contributed by atoms with van der Waals surface area (Å²) in [7, 11) is 1.95. The van der Waals surface area contributed by atoms with Gasteiger partial charge in [0.25, 0.3) is 5.91 Å². The average molecular weight is 422 g/mol. The highest BCUT2D eigenvalue weighted by molar-refractivity contribution is 5.96. The van der Waals surface area contributed by atoms with Gasteiger partial charge in [-0.15, -0.1) is 0 Å². The zero-order chi connectivity index (χ0) is 21.5. The molecule has 1 amide bonds. The van der Waals surface area contributed by atoms with E-state index in [1.165, 1.54) is 10.6 Å². The molecule has 6 nitrogen and oxygen atoms in total. The third-order valence-corrected chi connectivity index (χ3v) is 6.30. The minimum atomic E-state index is -4.37. The molecule has 0 unspecified atom stereocenters. The van der Waals surface area contributed by atoms with Crippen LogP contribution in [0.2, 0.25) is 0 Å². The number of hydrogen-bond donors (Lipinski definition) is 0. The van der Waals surface area contributed by atoms with Crippen LogP contribution in [0.15, 0.2) is 30.5 Å². The standard InChI is InChI=1S/C21H25F3N4O2/c1-3-30-18-15(5-4-10-25-18)19(29)27-11-8-20(9-12-27)16-6-7-17(21(22,23)24)28(16)14-13-26(20)2/h4-7,10H,3,8-9,11-14H2,1-2H3. The number of alkyl halides is 3. The van der Waals surface area contributed by atoms with E-state index >= 15 is 0 Å². The first kappa shape index (κ1) is 20.7. The summed E-state index contributed by atoms with van der Waals surface area (Å²) < 4.78 is 47.1. The lowest BCUT2D eigenvalue weighted by Crippen LogP contribution is -2.56. The van der Waals surface area contributed by atoms with Gasteiger partial charge in [-0.3, -0.25) is 9.69 Å². The number of carbonyl (C=O) groups is 1. The van der Waals surface area contributed by atoms with E-state index in [1.807, 2.05) is 14.0 Å². The number of carbonyl (C=O) groups excluding carboxylic acids is 1. The minimum Gasteiger partial charge on any atom is -0.477 e. The first-order valence-corrected chi connectivity index (χ1v) is 10.1. The van der Waals surface area contributed by atoms with Gasteiger partial charge in [-0.2, -0.15) is 13.2 Å². The first-order chi connectivity index (χ1) is 14.3. The summed E-state index contributed by atoms with van der Waals surface area (Å²) >= 11 is 0. The van der Waals surface area contributed by atoms with Crippen molar-refractivity contribution in [2.75, 3.05) is 33.3 Å². The van der Waals surface area contributed by atoms with Crippen molar-refractivity contribution in [1.82, 2.24) is 19.4 Å². The Morgan fingerprint density at radius 3 is 2.57 bits per heavy atom. The molecule has 9 heteroatoms. The number of nitrogens with zero attached hydrogens (tertiary/aromatic N) is 4. The minimum absolute atomic E-state index is 0.161. The Balaban J connectivity index is 1.58. The molecule has 0 saturated carbocycles. The number of fused-ring (bicyclic) bond motifs is 2. The van der Waals surface area contributed by atoms with Crippen molar-refractivity contribution < 1.29 is 22.7 Å². The van der Waals surface area contributed by atoms with E-state index in [1.54, 1.807) is 29.3 Å². The molecule has 0 radical (unpaired) electrons. The highest BCUT2D eigenvalue weighted by atomic mass is 19.4. The van der Waals surface area contributed by atoms with Crippen LogP contribution in [0.25, 0.3) is 0 Å². The molecule has 4 heterocycles. The van der Waals surface area contributed by atoms with Gasteiger partial charge in [-0.05, 0) is 51.1 Å². The van der Waals surface area contributed by atoms with Crippen LogP contribution in [0.4, 0.5) is 13.2 Å². The van der Waals surface area contributed by atoms with Gasteiger partial charge >= 0.3 is 6.18 Å². The highest BCUT2D eigenvalue weighted by Crippen LogP contribution is 2.44. The summed E-state index contributed by atoms with van der Waals surface area (Å²) in [5.74, 6) is 0.148. The van der Waals surface area contributed by atoms with Gasteiger partial charge in [0.05, 0.1) is 12.1 Å². The van der Waals surface area contributed by atoms with E-state index in [2.05, 4.69) is 9.88 Å². The molecule has 1 saturated heterocycles. The molecular formula is C21H25F3N4O2. The fourth-order valence-electron chi connectivity index (χ4n) is 4.72. The summed E-state index contributed by atoms with van der Waals surface area (Å²) in [6.45, 7) is 3.99. The van der Waals surface area contributed by atoms with Gasteiger partial charge in [-0.1, -0.05) is 0 Å². The Bertz CT molecular complexity index is 933. The van der Waals surface area contributed by atoms with Crippen LogP contribution in [0, 0.1) is 0 Å². The van der Waals surface area contributed by atoms with Gasteiger partial charge < -0.3 is 14.2 Å². The zero-order valence-electron chi connectivity index (χ0n) is 17.1. The quantitative estimate of drug-likeness (QED) is 0.761. The van der Waals surface area contributed by atoms with E-state index in [9.17, 15) is 18.0 Å². The summed E-state index contributed by atoms with van der Waals surface area (Å²) in [5, 5.41) is 0. The van der Waals surface area contributed by atoms with Gasteiger partial charge in [0.2, 0.25) is 5.88 Å². The Labute approximate surface area is 173 Å². The predicted octanol–water partition coefficient (Wildman–Crippen LogP) is 3.38. The molecular weight excluding hydrogens is 397 g/mol. The van der Waals surface area contributed by atoms with Gasteiger partial charge in [0.15, 0.2) is 0 Å². The van der Waals surface area contributed by atoms with Gasteiger partial charge in [0, 0.05) is 38.1 Å². The summed E-state index contributed by atoms with van der Waals surface area (Å²) in [6, 6.07) is 6.17. The Kier molecular flexibility index (Phi) is 5.25. The molecule has 30 heavy (non-hydrogen) atoms. The van der Waals surface area contributed by atoms with Crippen molar-refractivity contribution in [3.63, 3.8) is 0 Å². The molecule has 0 atom stereocenters. The summed E-state index contributed by atoms with van der Waals surface area (Å²) in [4.78, 5) is 21.1. The number of aromatic nitrogens is 2. The largest absolute Gasteiger partial charge is 0.477 e. The van der Waals surface area contributed by atoms with Crippen LogP contribution >= 0.6 is 0 Å². The molecule has 162 valence electrons. The number of amides is 1. The maximum atomic E-state index is 13.4. The molecule has 2 aromatic heterocycles. The third kappa shape index (κ3) is 3.34. The lowest BCUT2D eigenvalue weighted by atomic mass is 9.81. The number of likely N-dealkylation sites (tertiary alicyclic amines) is 1. The zero-order valence-corrected chi connectivity index (χ0v) is 17.1. The van der Waals surface area contributed by atoms with Gasteiger partial charge in [0.1, 0.15) is 11.3 Å². The monoisotopic (exact) mass is 422 g/mol. The molecule has 4 rings (SSSR count). The van der Waals surface area contributed by atoms with Crippen molar-refractivity contribution in [3.8, 4) is 5.88 Å². The van der Waals surface area contributed by atoms with Crippen molar-refractivity contribution in [2.24, 2.45) is 0 Å². The Morgan fingerprint density at radius 2 is 1.90 bits per heavy atom.